The van der Waals surface area contributed by atoms with E-state index in [1.54, 1.807) is 10.6 Å². The molecule has 4 rings (SSSR count). The Labute approximate surface area is 174 Å². The molecule has 3 aromatic rings. The zero-order chi connectivity index (χ0) is 22.0. The molecule has 1 saturated heterocycles. The normalized spacial score (nSPS) is 15.0. The van der Waals surface area contributed by atoms with Crippen molar-refractivity contribution in [2.24, 2.45) is 0 Å². The van der Waals surface area contributed by atoms with Crippen LogP contribution in [-0.2, 0) is 4.74 Å². The summed E-state index contributed by atoms with van der Waals surface area (Å²) in [5.41, 5.74) is 0.226. The van der Waals surface area contributed by atoms with E-state index in [4.69, 9.17) is 4.74 Å². The molecule has 0 spiro atoms. The van der Waals surface area contributed by atoms with Gasteiger partial charge in [-0.15, -0.1) is 0 Å². The van der Waals surface area contributed by atoms with E-state index in [0.717, 1.165) is 24.6 Å². The maximum atomic E-state index is 12.9. The molecule has 7 nitrogen and oxygen atoms in total. The Balaban J connectivity index is 1.66. The van der Waals surface area contributed by atoms with E-state index in [1.165, 1.54) is 24.4 Å². The van der Waals surface area contributed by atoms with Crippen LogP contribution in [0.4, 0.5) is 23.2 Å². The van der Waals surface area contributed by atoms with Crippen LogP contribution >= 0.6 is 0 Å². The summed E-state index contributed by atoms with van der Waals surface area (Å²) in [5.74, 6) is -0.969. The van der Waals surface area contributed by atoms with Crippen LogP contribution in [0.3, 0.4) is 0 Å². The Hall–Kier alpha value is -3.21. The van der Waals surface area contributed by atoms with E-state index in [0.29, 0.717) is 18.9 Å². The van der Waals surface area contributed by atoms with Crippen molar-refractivity contribution in [3.63, 3.8) is 0 Å². The lowest BCUT2D eigenvalue weighted by Crippen LogP contribution is -2.16. The predicted molar refractivity (Wildman–Crippen MR) is 102 cm³/mol. The van der Waals surface area contributed by atoms with Crippen LogP contribution in [0.1, 0.15) is 47.1 Å². The average molecular weight is 438 g/mol. The van der Waals surface area contributed by atoms with E-state index >= 15 is 0 Å². The SMILES string of the molecule is O=C(Nc1cn2cc(C3CCOCC3)nc2cc1OC(F)F)c1cccc(C(F)F)n1. The average Bonchev–Trinajstić information content (AvgIpc) is 3.17. The van der Waals surface area contributed by atoms with Crippen molar-refractivity contribution in [3.8, 4) is 5.75 Å². The number of alkyl halides is 4. The van der Waals surface area contributed by atoms with Crippen LogP contribution in [0, 0.1) is 0 Å². The van der Waals surface area contributed by atoms with Crippen molar-refractivity contribution < 1.29 is 31.8 Å². The fourth-order valence-corrected chi connectivity index (χ4v) is 3.40. The number of amides is 1. The molecule has 0 aromatic carbocycles. The summed E-state index contributed by atoms with van der Waals surface area (Å²) >= 11 is 0. The van der Waals surface area contributed by atoms with Crippen molar-refractivity contribution in [3.05, 3.63) is 53.7 Å². The fourth-order valence-electron chi connectivity index (χ4n) is 3.40. The van der Waals surface area contributed by atoms with Crippen LogP contribution in [0.15, 0.2) is 36.7 Å². The third kappa shape index (κ3) is 4.76. The maximum Gasteiger partial charge on any atom is 0.387 e. The summed E-state index contributed by atoms with van der Waals surface area (Å²) in [6.07, 6.45) is 1.87. The summed E-state index contributed by atoms with van der Waals surface area (Å²) in [7, 11) is 0. The van der Waals surface area contributed by atoms with Gasteiger partial charge in [0, 0.05) is 37.6 Å². The first-order valence-corrected chi connectivity index (χ1v) is 9.52. The Bertz CT molecular complexity index is 1080. The molecule has 1 aliphatic heterocycles. The Morgan fingerprint density at radius 3 is 2.65 bits per heavy atom. The highest BCUT2D eigenvalue weighted by Crippen LogP contribution is 2.31. The number of imidazole rings is 1. The van der Waals surface area contributed by atoms with Gasteiger partial charge in [0.05, 0.1) is 5.69 Å². The predicted octanol–water partition coefficient (Wildman–Crippen LogP) is 4.41. The lowest BCUT2D eigenvalue weighted by molar-refractivity contribution is -0.0493. The topological polar surface area (TPSA) is 77.8 Å². The molecule has 1 aliphatic rings. The van der Waals surface area contributed by atoms with Crippen LogP contribution < -0.4 is 10.1 Å². The number of hydrogen-bond acceptors (Lipinski definition) is 5. The van der Waals surface area contributed by atoms with Gasteiger partial charge in [0.25, 0.3) is 12.3 Å². The van der Waals surface area contributed by atoms with E-state index in [1.807, 2.05) is 0 Å². The molecule has 31 heavy (non-hydrogen) atoms. The molecular formula is C20H18F4N4O3. The number of ether oxygens (including phenoxy) is 2. The number of hydrogen-bond donors (Lipinski definition) is 1. The van der Waals surface area contributed by atoms with E-state index in [-0.39, 0.29) is 23.0 Å². The number of aromatic nitrogens is 3. The minimum absolute atomic E-state index is 0.0713. The number of rotatable bonds is 6. The second-order valence-corrected chi connectivity index (χ2v) is 6.95. The highest BCUT2D eigenvalue weighted by molar-refractivity contribution is 6.03. The number of nitrogens with zero attached hydrogens (tertiary/aromatic N) is 3. The van der Waals surface area contributed by atoms with Gasteiger partial charge in [0.1, 0.15) is 22.7 Å². The number of carbonyl (C=O) groups is 1. The molecule has 3 aromatic heterocycles. The van der Waals surface area contributed by atoms with Gasteiger partial charge in [0.2, 0.25) is 0 Å². The lowest BCUT2D eigenvalue weighted by Gasteiger charge is -2.19. The Morgan fingerprint density at radius 2 is 1.94 bits per heavy atom. The largest absolute Gasteiger partial charge is 0.432 e. The Morgan fingerprint density at radius 1 is 1.16 bits per heavy atom. The van der Waals surface area contributed by atoms with E-state index in [2.05, 4.69) is 20.0 Å². The molecule has 1 N–H and O–H groups in total. The van der Waals surface area contributed by atoms with Gasteiger partial charge >= 0.3 is 6.61 Å². The Kier molecular flexibility index (Phi) is 6.03. The summed E-state index contributed by atoms with van der Waals surface area (Å²) in [4.78, 5) is 20.6. The van der Waals surface area contributed by atoms with Gasteiger partial charge in [-0.3, -0.25) is 4.79 Å². The molecule has 164 valence electrons. The highest BCUT2D eigenvalue weighted by Gasteiger charge is 2.21. The first-order valence-electron chi connectivity index (χ1n) is 9.52. The quantitative estimate of drug-likeness (QED) is 0.577. The van der Waals surface area contributed by atoms with E-state index in [9.17, 15) is 22.4 Å². The molecule has 0 atom stereocenters. The summed E-state index contributed by atoms with van der Waals surface area (Å²) in [6.45, 7) is -1.91. The molecule has 4 heterocycles. The monoisotopic (exact) mass is 438 g/mol. The molecule has 0 unspecified atom stereocenters. The van der Waals surface area contributed by atoms with E-state index < -0.39 is 24.6 Å². The number of anilines is 1. The number of halogens is 4. The van der Waals surface area contributed by atoms with Crippen molar-refractivity contribution in [2.45, 2.75) is 31.8 Å². The zero-order valence-corrected chi connectivity index (χ0v) is 16.1. The van der Waals surface area contributed by atoms with Crippen molar-refractivity contribution in [1.29, 1.82) is 0 Å². The molecule has 11 heteroatoms. The molecule has 1 fully saturated rings. The fraction of sp³-hybridized carbons (Fsp3) is 0.350. The standard InChI is InChI=1S/C20H18F4N4O3/c21-18(22)12-2-1-3-13(25-12)19(29)27-15-10-28-9-14(11-4-6-30-7-5-11)26-17(28)8-16(15)31-20(23)24/h1-3,8-11,18,20H,4-7H2,(H,27,29). The van der Waals surface area contributed by atoms with Gasteiger partial charge in [-0.1, -0.05) is 6.07 Å². The second-order valence-electron chi connectivity index (χ2n) is 6.95. The summed E-state index contributed by atoms with van der Waals surface area (Å²) in [6, 6.07) is 4.88. The third-order valence-corrected chi connectivity index (χ3v) is 4.90. The molecular weight excluding hydrogens is 420 g/mol. The zero-order valence-electron chi connectivity index (χ0n) is 16.1. The van der Waals surface area contributed by atoms with Crippen LogP contribution in [0.2, 0.25) is 0 Å². The molecule has 0 radical (unpaired) electrons. The number of fused-ring (bicyclic) bond motifs is 1. The van der Waals surface area contributed by atoms with Crippen molar-refractivity contribution >= 4 is 17.2 Å². The third-order valence-electron chi connectivity index (χ3n) is 4.90. The maximum absolute atomic E-state index is 12.9. The smallest absolute Gasteiger partial charge is 0.387 e. The first kappa shape index (κ1) is 21.0. The summed E-state index contributed by atoms with van der Waals surface area (Å²) < 4.78 is 63.1. The van der Waals surface area contributed by atoms with Gasteiger partial charge < -0.3 is 19.2 Å². The van der Waals surface area contributed by atoms with Crippen LogP contribution in [0.5, 0.6) is 5.75 Å². The number of pyridine rings is 2. The van der Waals surface area contributed by atoms with Gasteiger partial charge in [-0.25, -0.2) is 18.7 Å². The molecule has 1 amide bonds. The highest BCUT2D eigenvalue weighted by atomic mass is 19.3. The minimum Gasteiger partial charge on any atom is -0.432 e. The van der Waals surface area contributed by atoms with Crippen LogP contribution in [0.25, 0.3) is 5.65 Å². The van der Waals surface area contributed by atoms with Crippen molar-refractivity contribution in [1.82, 2.24) is 14.4 Å². The summed E-state index contributed by atoms with van der Waals surface area (Å²) in [5, 5.41) is 2.41. The molecule has 0 aliphatic carbocycles. The van der Waals surface area contributed by atoms with Gasteiger partial charge in [-0.2, -0.15) is 8.78 Å². The molecule has 0 saturated carbocycles. The van der Waals surface area contributed by atoms with Crippen LogP contribution in [-0.4, -0.2) is 40.1 Å². The first-order chi connectivity index (χ1) is 14.9. The second kappa shape index (κ2) is 8.88. The molecule has 0 bridgehead atoms. The lowest BCUT2D eigenvalue weighted by atomic mass is 9.97. The van der Waals surface area contributed by atoms with Crippen molar-refractivity contribution in [2.75, 3.05) is 18.5 Å². The number of nitrogens with one attached hydrogen (secondary N) is 1. The minimum atomic E-state index is -3.14. The van der Waals surface area contributed by atoms with Gasteiger partial charge in [-0.05, 0) is 25.0 Å². The number of carbonyl (C=O) groups excluding carboxylic acids is 1. The van der Waals surface area contributed by atoms with Gasteiger partial charge in [0.15, 0.2) is 5.75 Å².